The van der Waals surface area contributed by atoms with Crippen LogP contribution in [-0.2, 0) is 0 Å². The molecule has 2 aromatic heterocycles. The topological polar surface area (TPSA) is 56.6 Å². The number of rotatable bonds is 1. The summed E-state index contributed by atoms with van der Waals surface area (Å²) in [4.78, 5) is 14.6. The van der Waals surface area contributed by atoms with Gasteiger partial charge in [0.15, 0.2) is 0 Å². The number of hydrogen-bond acceptors (Lipinski definition) is 3. The number of aromatic amines is 1. The molecule has 0 bridgehead atoms. The Hall–Kier alpha value is -1.57. The SMILES string of the molecule is N#Cc1c(-c2ccc(Cl)s2)cc[nH]c1=O. The zero-order chi connectivity index (χ0) is 10.8. The normalized spacial score (nSPS) is 9.87. The lowest BCUT2D eigenvalue weighted by Gasteiger charge is -1.97. The van der Waals surface area contributed by atoms with E-state index in [9.17, 15) is 4.79 Å². The summed E-state index contributed by atoms with van der Waals surface area (Å²) in [5.74, 6) is 0. The fraction of sp³-hybridized carbons (Fsp3) is 0. The van der Waals surface area contributed by atoms with E-state index in [2.05, 4.69) is 4.98 Å². The molecule has 0 saturated heterocycles. The number of H-pyrrole nitrogens is 1. The molecule has 74 valence electrons. The fourth-order valence-electron chi connectivity index (χ4n) is 1.25. The second kappa shape index (κ2) is 3.89. The number of nitrogens with zero attached hydrogens (tertiary/aromatic N) is 1. The van der Waals surface area contributed by atoms with Crippen LogP contribution in [0, 0.1) is 11.3 Å². The molecular formula is C10H5ClN2OS. The second-order valence-corrected chi connectivity index (χ2v) is 4.53. The van der Waals surface area contributed by atoms with Crippen LogP contribution in [0.15, 0.2) is 29.2 Å². The van der Waals surface area contributed by atoms with E-state index in [0.717, 1.165) is 4.88 Å². The van der Waals surface area contributed by atoms with E-state index in [1.807, 2.05) is 6.07 Å². The number of hydrogen-bond donors (Lipinski definition) is 1. The number of nitriles is 1. The summed E-state index contributed by atoms with van der Waals surface area (Å²) in [6, 6.07) is 7.12. The Morgan fingerprint density at radius 3 is 2.80 bits per heavy atom. The van der Waals surface area contributed by atoms with Gasteiger partial charge in [-0.25, -0.2) is 0 Å². The summed E-state index contributed by atoms with van der Waals surface area (Å²) in [6.07, 6.45) is 1.52. The number of thiophene rings is 1. The Balaban J connectivity index is 2.69. The van der Waals surface area contributed by atoms with Gasteiger partial charge in [-0.2, -0.15) is 5.26 Å². The van der Waals surface area contributed by atoms with Crippen LogP contribution in [0.25, 0.3) is 10.4 Å². The maximum absolute atomic E-state index is 11.3. The van der Waals surface area contributed by atoms with Crippen molar-refractivity contribution in [2.75, 3.05) is 0 Å². The number of aromatic nitrogens is 1. The highest BCUT2D eigenvalue weighted by molar-refractivity contribution is 7.19. The van der Waals surface area contributed by atoms with Crippen molar-refractivity contribution >= 4 is 22.9 Å². The minimum absolute atomic E-state index is 0.121. The van der Waals surface area contributed by atoms with Crippen LogP contribution in [0.3, 0.4) is 0 Å². The van der Waals surface area contributed by atoms with Crippen molar-refractivity contribution in [3.05, 3.63) is 44.6 Å². The summed E-state index contributed by atoms with van der Waals surface area (Å²) < 4.78 is 0.633. The molecule has 1 N–H and O–H groups in total. The fourth-order valence-corrected chi connectivity index (χ4v) is 2.33. The van der Waals surface area contributed by atoms with E-state index < -0.39 is 0 Å². The van der Waals surface area contributed by atoms with Crippen molar-refractivity contribution in [3.8, 4) is 16.5 Å². The first-order chi connectivity index (χ1) is 7.22. The molecule has 5 heteroatoms. The quantitative estimate of drug-likeness (QED) is 0.828. The van der Waals surface area contributed by atoms with Crippen molar-refractivity contribution in [3.63, 3.8) is 0 Å². The molecule has 0 unspecified atom stereocenters. The van der Waals surface area contributed by atoms with Gasteiger partial charge in [0.25, 0.3) is 5.56 Å². The molecule has 2 heterocycles. The molecule has 0 atom stereocenters. The monoisotopic (exact) mass is 236 g/mol. The van der Waals surface area contributed by atoms with Gasteiger partial charge in [-0.05, 0) is 18.2 Å². The van der Waals surface area contributed by atoms with Gasteiger partial charge in [0, 0.05) is 16.6 Å². The molecule has 0 radical (unpaired) electrons. The number of nitrogens with one attached hydrogen (secondary N) is 1. The van der Waals surface area contributed by atoms with Gasteiger partial charge in [-0.15, -0.1) is 11.3 Å². The summed E-state index contributed by atoms with van der Waals surface area (Å²) in [6.45, 7) is 0. The third kappa shape index (κ3) is 1.80. The van der Waals surface area contributed by atoms with E-state index in [-0.39, 0.29) is 11.1 Å². The van der Waals surface area contributed by atoms with E-state index >= 15 is 0 Å². The first kappa shape index (κ1) is 9.97. The van der Waals surface area contributed by atoms with E-state index in [1.54, 1.807) is 18.2 Å². The largest absolute Gasteiger partial charge is 0.328 e. The molecule has 0 fully saturated rings. The van der Waals surface area contributed by atoms with Crippen LogP contribution >= 0.6 is 22.9 Å². The Labute approximate surface area is 94.6 Å². The van der Waals surface area contributed by atoms with E-state index in [1.165, 1.54) is 17.5 Å². The summed E-state index contributed by atoms with van der Waals surface area (Å²) >= 11 is 7.14. The Bertz CT molecular complexity index is 594. The van der Waals surface area contributed by atoms with E-state index in [0.29, 0.717) is 9.90 Å². The molecule has 0 aliphatic heterocycles. The molecule has 2 rings (SSSR count). The smallest absolute Gasteiger partial charge is 0.266 e. The predicted octanol–water partition coefficient (Wildman–Crippen LogP) is 2.63. The zero-order valence-corrected chi connectivity index (χ0v) is 9.02. The lowest BCUT2D eigenvalue weighted by Crippen LogP contribution is -2.09. The standard InChI is InChI=1S/C10H5ClN2OS/c11-9-2-1-8(15-9)6-3-4-13-10(14)7(6)5-12/h1-4H,(H,13,14). The minimum Gasteiger partial charge on any atom is -0.328 e. The molecule has 0 aliphatic carbocycles. The minimum atomic E-state index is -0.375. The molecule has 0 spiro atoms. The van der Waals surface area contributed by atoms with Crippen molar-refractivity contribution < 1.29 is 0 Å². The molecule has 0 aromatic carbocycles. The van der Waals surface area contributed by atoms with Crippen molar-refractivity contribution in [1.29, 1.82) is 5.26 Å². The molecule has 15 heavy (non-hydrogen) atoms. The average molecular weight is 237 g/mol. The Kier molecular flexibility index (Phi) is 2.58. The lowest BCUT2D eigenvalue weighted by atomic mass is 10.1. The van der Waals surface area contributed by atoms with Gasteiger partial charge in [0.2, 0.25) is 0 Å². The van der Waals surface area contributed by atoms with Gasteiger partial charge in [0.1, 0.15) is 11.6 Å². The third-order valence-electron chi connectivity index (χ3n) is 1.91. The van der Waals surface area contributed by atoms with Crippen LogP contribution in [0.2, 0.25) is 4.34 Å². The summed E-state index contributed by atoms with van der Waals surface area (Å²) in [7, 11) is 0. The first-order valence-electron chi connectivity index (χ1n) is 4.10. The van der Waals surface area contributed by atoms with Gasteiger partial charge in [-0.3, -0.25) is 4.79 Å². The van der Waals surface area contributed by atoms with Crippen LogP contribution in [0.1, 0.15) is 5.56 Å². The highest BCUT2D eigenvalue weighted by Gasteiger charge is 2.09. The maximum atomic E-state index is 11.3. The number of halogens is 1. The summed E-state index contributed by atoms with van der Waals surface area (Å²) in [5.41, 5.74) is 0.369. The summed E-state index contributed by atoms with van der Waals surface area (Å²) in [5, 5.41) is 8.87. The van der Waals surface area contributed by atoms with Crippen LogP contribution in [0.5, 0.6) is 0 Å². The van der Waals surface area contributed by atoms with Gasteiger partial charge < -0.3 is 4.98 Å². The highest BCUT2D eigenvalue weighted by Crippen LogP contribution is 2.31. The van der Waals surface area contributed by atoms with Crippen LogP contribution in [-0.4, -0.2) is 4.98 Å². The van der Waals surface area contributed by atoms with E-state index in [4.69, 9.17) is 16.9 Å². The van der Waals surface area contributed by atoms with Crippen LogP contribution < -0.4 is 5.56 Å². The molecule has 3 nitrogen and oxygen atoms in total. The van der Waals surface area contributed by atoms with Gasteiger partial charge in [0.05, 0.1) is 4.34 Å². The lowest BCUT2D eigenvalue weighted by molar-refractivity contribution is 1.22. The molecule has 0 aliphatic rings. The Morgan fingerprint density at radius 2 is 2.20 bits per heavy atom. The highest BCUT2D eigenvalue weighted by atomic mass is 35.5. The van der Waals surface area contributed by atoms with Crippen molar-refractivity contribution in [2.45, 2.75) is 0 Å². The molecule has 2 aromatic rings. The number of pyridine rings is 1. The zero-order valence-electron chi connectivity index (χ0n) is 7.45. The van der Waals surface area contributed by atoms with Crippen molar-refractivity contribution in [1.82, 2.24) is 4.98 Å². The van der Waals surface area contributed by atoms with Gasteiger partial charge >= 0.3 is 0 Å². The molecule has 0 amide bonds. The second-order valence-electron chi connectivity index (χ2n) is 2.81. The van der Waals surface area contributed by atoms with Crippen molar-refractivity contribution in [2.24, 2.45) is 0 Å². The predicted molar refractivity (Wildman–Crippen MR) is 60.1 cm³/mol. The average Bonchev–Trinajstić information content (AvgIpc) is 2.64. The van der Waals surface area contributed by atoms with Gasteiger partial charge in [-0.1, -0.05) is 11.6 Å². The first-order valence-corrected chi connectivity index (χ1v) is 5.29. The molecular weight excluding hydrogens is 232 g/mol. The third-order valence-corrected chi connectivity index (χ3v) is 3.18. The Morgan fingerprint density at radius 1 is 1.40 bits per heavy atom. The maximum Gasteiger partial charge on any atom is 0.266 e. The molecule has 0 saturated carbocycles. The van der Waals surface area contributed by atoms with Crippen LogP contribution in [0.4, 0.5) is 0 Å².